The molecule has 0 aliphatic heterocycles. The number of carbonyl (C=O) groups is 2. The Kier molecular flexibility index (Phi) is 5.10. The maximum atomic E-state index is 12.8. The first-order valence-corrected chi connectivity index (χ1v) is 10.4. The molecule has 0 aromatic heterocycles. The number of nitrogens with one attached hydrogen (secondary N) is 2. The van der Waals surface area contributed by atoms with E-state index in [1.54, 1.807) is 24.3 Å². The lowest BCUT2D eigenvalue weighted by atomic mass is 10.1. The second-order valence-corrected chi connectivity index (χ2v) is 7.54. The van der Waals surface area contributed by atoms with E-state index in [0.29, 0.717) is 11.1 Å². The number of carbonyl (C=O) groups excluding carboxylic acids is 2. The van der Waals surface area contributed by atoms with Crippen molar-refractivity contribution >= 4 is 44.7 Å². The monoisotopic (exact) mass is 416 g/mol. The molecule has 5 aromatic rings. The van der Waals surface area contributed by atoms with Crippen LogP contribution in [0.25, 0.3) is 21.5 Å². The summed E-state index contributed by atoms with van der Waals surface area (Å²) in [4.78, 5) is 25.5. The summed E-state index contributed by atoms with van der Waals surface area (Å²) in [5.41, 5.74) is 2.48. The lowest BCUT2D eigenvalue weighted by Crippen LogP contribution is -2.14. The van der Waals surface area contributed by atoms with Gasteiger partial charge in [0, 0.05) is 33.3 Å². The van der Waals surface area contributed by atoms with Crippen molar-refractivity contribution in [3.63, 3.8) is 0 Å². The third kappa shape index (κ3) is 3.82. The molecule has 0 aliphatic carbocycles. The fourth-order valence-corrected chi connectivity index (χ4v) is 3.83. The van der Waals surface area contributed by atoms with Crippen LogP contribution in [0.1, 0.15) is 20.7 Å². The zero-order valence-corrected chi connectivity index (χ0v) is 17.2. The number of fused-ring (bicyclic) bond motifs is 2. The molecular formula is C28H20N2O2. The minimum absolute atomic E-state index is 0.220. The Morgan fingerprint density at radius 1 is 0.438 bits per heavy atom. The van der Waals surface area contributed by atoms with E-state index < -0.39 is 0 Å². The van der Waals surface area contributed by atoms with Gasteiger partial charge in [-0.15, -0.1) is 0 Å². The molecular weight excluding hydrogens is 396 g/mol. The van der Waals surface area contributed by atoms with Crippen LogP contribution in [0.3, 0.4) is 0 Å². The fourth-order valence-electron chi connectivity index (χ4n) is 3.83. The molecule has 2 N–H and O–H groups in total. The maximum absolute atomic E-state index is 12.8. The van der Waals surface area contributed by atoms with Gasteiger partial charge < -0.3 is 10.6 Å². The summed E-state index contributed by atoms with van der Waals surface area (Å²) in [6.07, 6.45) is 0. The van der Waals surface area contributed by atoms with Crippen LogP contribution < -0.4 is 10.6 Å². The van der Waals surface area contributed by atoms with Crippen LogP contribution >= 0.6 is 0 Å². The minimum Gasteiger partial charge on any atom is -0.321 e. The standard InChI is InChI=1S/C28H20N2O2/c31-27(29-25-13-5-9-19-7-1-3-11-23(19)25)21-15-17-22(18-16-21)28(32)30-26-14-6-10-20-8-2-4-12-24(20)26/h1-18H,(H,29,31)(H,30,32). The third-order valence-electron chi connectivity index (χ3n) is 5.48. The van der Waals surface area contributed by atoms with Gasteiger partial charge in [-0.2, -0.15) is 0 Å². The van der Waals surface area contributed by atoms with E-state index in [1.165, 1.54) is 0 Å². The SMILES string of the molecule is O=C(Nc1cccc2ccccc12)c1ccc(C(=O)Nc2cccc3ccccc23)cc1. The molecule has 4 nitrogen and oxygen atoms in total. The van der Waals surface area contributed by atoms with Gasteiger partial charge >= 0.3 is 0 Å². The number of rotatable bonds is 4. The zero-order valence-electron chi connectivity index (χ0n) is 17.2. The molecule has 0 unspecified atom stereocenters. The summed E-state index contributed by atoms with van der Waals surface area (Å²) in [6.45, 7) is 0. The van der Waals surface area contributed by atoms with Crippen molar-refractivity contribution in [2.45, 2.75) is 0 Å². The molecule has 0 aliphatic rings. The Balaban J connectivity index is 1.33. The van der Waals surface area contributed by atoms with Crippen LogP contribution in [0, 0.1) is 0 Å². The average molecular weight is 416 g/mol. The van der Waals surface area contributed by atoms with Gasteiger partial charge in [-0.25, -0.2) is 0 Å². The van der Waals surface area contributed by atoms with E-state index in [-0.39, 0.29) is 11.8 Å². The van der Waals surface area contributed by atoms with Crippen molar-refractivity contribution < 1.29 is 9.59 Å². The molecule has 32 heavy (non-hydrogen) atoms. The summed E-state index contributed by atoms with van der Waals surface area (Å²) in [5.74, 6) is -0.440. The predicted octanol–water partition coefficient (Wildman–Crippen LogP) is 6.50. The van der Waals surface area contributed by atoms with E-state index >= 15 is 0 Å². The Morgan fingerprint density at radius 2 is 0.812 bits per heavy atom. The summed E-state index contributed by atoms with van der Waals surface area (Å²) in [5, 5.41) is 10.0. The summed E-state index contributed by atoms with van der Waals surface area (Å²) in [7, 11) is 0. The van der Waals surface area contributed by atoms with Gasteiger partial charge in [0.2, 0.25) is 0 Å². The Morgan fingerprint density at radius 3 is 1.25 bits per heavy atom. The van der Waals surface area contributed by atoms with Crippen LogP contribution in [-0.2, 0) is 0 Å². The first kappa shape index (κ1) is 19.5. The van der Waals surface area contributed by atoms with Crippen LogP contribution in [-0.4, -0.2) is 11.8 Å². The highest BCUT2D eigenvalue weighted by Crippen LogP contribution is 2.25. The molecule has 0 saturated carbocycles. The molecule has 0 heterocycles. The largest absolute Gasteiger partial charge is 0.321 e. The van der Waals surface area contributed by atoms with Gasteiger partial charge in [0.25, 0.3) is 11.8 Å². The molecule has 0 radical (unpaired) electrons. The average Bonchev–Trinajstić information content (AvgIpc) is 2.84. The molecule has 2 amide bonds. The quantitative estimate of drug-likeness (QED) is 0.351. The third-order valence-corrected chi connectivity index (χ3v) is 5.48. The number of anilines is 2. The van der Waals surface area contributed by atoms with Crippen molar-refractivity contribution in [3.8, 4) is 0 Å². The van der Waals surface area contributed by atoms with Crippen molar-refractivity contribution in [3.05, 3.63) is 120 Å². The smallest absolute Gasteiger partial charge is 0.255 e. The Hall–Kier alpha value is -4.44. The number of hydrogen-bond acceptors (Lipinski definition) is 2. The second-order valence-electron chi connectivity index (χ2n) is 7.54. The van der Waals surface area contributed by atoms with Crippen molar-refractivity contribution in [1.82, 2.24) is 0 Å². The molecule has 0 fully saturated rings. The van der Waals surface area contributed by atoms with Gasteiger partial charge in [0.15, 0.2) is 0 Å². The summed E-state index contributed by atoms with van der Waals surface area (Å²) >= 11 is 0. The van der Waals surface area contributed by atoms with Crippen LogP contribution in [0.15, 0.2) is 109 Å². The van der Waals surface area contributed by atoms with Crippen LogP contribution in [0.2, 0.25) is 0 Å². The molecule has 0 atom stereocenters. The van der Waals surface area contributed by atoms with Crippen molar-refractivity contribution in [2.75, 3.05) is 10.6 Å². The molecule has 0 saturated heterocycles. The maximum Gasteiger partial charge on any atom is 0.255 e. The normalized spacial score (nSPS) is 10.8. The van der Waals surface area contributed by atoms with Gasteiger partial charge in [0.1, 0.15) is 0 Å². The van der Waals surface area contributed by atoms with E-state index in [2.05, 4.69) is 10.6 Å². The molecule has 0 spiro atoms. The minimum atomic E-state index is -0.220. The topological polar surface area (TPSA) is 58.2 Å². The number of amides is 2. The highest BCUT2D eigenvalue weighted by molar-refractivity contribution is 6.11. The van der Waals surface area contributed by atoms with Crippen molar-refractivity contribution in [1.29, 1.82) is 0 Å². The number of benzene rings is 5. The highest BCUT2D eigenvalue weighted by Gasteiger charge is 2.12. The fraction of sp³-hybridized carbons (Fsp3) is 0. The van der Waals surface area contributed by atoms with Gasteiger partial charge in [-0.1, -0.05) is 72.8 Å². The predicted molar refractivity (Wildman–Crippen MR) is 130 cm³/mol. The van der Waals surface area contributed by atoms with Gasteiger partial charge in [0.05, 0.1) is 0 Å². The van der Waals surface area contributed by atoms with Gasteiger partial charge in [-0.05, 0) is 47.2 Å². The van der Waals surface area contributed by atoms with Crippen molar-refractivity contribution in [2.24, 2.45) is 0 Å². The molecule has 154 valence electrons. The van der Waals surface area contributed by atoms with E-state index in [0.717, 1.165) is 32.9 Å². The van der Waals surface area contributed by atoms with Crippen LogP contribution in [0.5, 0.6) is 0 Å². The Bertz CT molecular complexity index is 1330. The van der Waals surface area contributed by atoms with Gasteiger partial charge in [-0.3, -0.25) is 9.59 Å². The van der Waals surface area contributed by atoms with E-state index in [9.17, 15) is 9.59 Å². The zero-order chi connectivity index (χ0) is 21.9. The second kappa shape index (κ2) is 8.36. The highest BCUT2D eigenvalue weighted by atomic mass is 16.2. The van der Waals surface area contributed by atoms with E-state index in [1.807, 2.05) is 84.9 Å². The molecule has 5 rings (SSSR count). The lowest BCUT2D eigenvalue weighted by molar-refractivity contribution is 0.101. The lowest BCUT2D eigenvalue weighted by Gasteiger charge is -2.10. The van der Waals surface area contributed by atoms with Crippen LogP contribution in [0.4, 0.5) is 11.4 Å². The summed E-state index contributed by atoms with van der Waals surface area (Å²) in [6, 6.07) is 34.1. The first-order valence-electron chi connectivity index (χ1n) is 10.4. The molecule has 5 aromatic carbocycles. The first-order chi connectivity index (χ1) is 15.7. The van der Waals surface area contributed by atoms with E-state index in [4.69, 9.17) is 0 Å². The summed E-state index contributed by atoms with van der Waals surface area (Å²) < 4.78 is 0. The molecule has 4 heteroatoms. The number of hydrogen-bond donors (Lipinski definition) is 2. The Labute approximate surface area is 185 Å². The molecule has 0 bridgehead atoms.